The Balaban J connectivity index is 1.41. The van der Waals surface area contributed by atoms with E-state index in [1.807, 2.05) is 31.2 Å². The standard InChI is InChI=1S/C58H104N8O6/c1-4-6-20-26-52(65-44-63-49-36-32-47(33-37-49)42-46(3)59)54(67)28-22-16-12-8-10-14-18-24-30-56(69)61-40-41-62-57(70)31-25-19-15-11-9-13-17-23-29-55(68)53(27-21-7-5-2)66-45-64-50-38-34-48(35-39-50)43-51(60)58(71)72/h32-39,46,51-55,63-68H,4-31,40-45,59-60H2,1-3H3,(H,61,69)(H,62,70)(H,71,72). The molecule has 72 heavy (non-hydrogen) atoms. The second-order valence-corrected chi connectivity index (χ2v) is 20.6. The number of aliphatic carboxylic acids is 1. The van der Waals surface area contributed by atoms with Crippen molar-refractivity contribution in [3.05, 3.63) is 59.7 Å². The number of hydrogen-bond acceptors (Lipinski definition) is 11. The number of aliphatic hydroxyl groups is 2. The first kappa shape index (κ1) is 64.3. The molecule has 0 radical (unpaired) electrons. The number of unbranched alkanes of at least 4 members (excludes halogenated alkanes) is 18. The highest BCUT2D eigenvalue weighted by atomic mass is 16.4. The molecule has 0 aliphatic rings. The summed E-state index contributed by atoms with van der Waals surface area (Å²) in [6, 6.07) is 15.4. The molecule has 412 valence electrons. The van der Waals surface area contributed by atoms with Crippen LogP contribution in [0.25, 0.3) is 0 Å². The molecule has 0 aliphatic heterocycles. The Hall–Kier alpha value is -3.79. The average molecular weight is 1010 g/mol. The normalized spacial score (nSPS) is 14.0. The molecule has 6 unspecified atom stereocenters. The summed E-state index contributed by atoms with van der Waals surface area (Å²) in [6.45, 7) is 8.51. The Kier molecular flexibility index (Phi) is 38.0. The van der Waals surface area contributed by atoms with Crippen LogP contribution in [0.15, 0.2) is 48.5 Å². The van der Waals surface area contributed by atoms with Gasteiger partial charge in [-0.1, -0.05) is 167 Å². The fourth-order valence-electron chi connectivity index (χ4n) is 9.27. The molecule has 2 amide bonds. The van der Waals surface area contributed by atoms with E-state index >= 15 is 0 Å². The quantitative estimate of drug-likeness (QED) is 0.0220. The molecule has 0 aromatic heterocycles. The largest absolute Gasteiger partial charge is 0.480 e. The lowest BCUT2D eigenvalue weighted by Crippen LogP contribution is -2.42. The Morgan fingerprint density at radius 3 is 1.19 bits per heavy atom. The monoisotopic (exact) mass is 1010 g/mol. The first-order chi connectivity index (χ1) is 34.9. The fourth-order valence-corrected chi connectivity index (χ4v) is 9.27. The zero-order valence-electron chi connectivity index (χ0n) is 45.3. The SMILES string of the molecule is CCCCCC(NCNc1ccc(CC(C)N)cc1)C(O)CCCCCCCCCCC(=O)NCCNC(=O)CCCCCCCCCCC(O)C(CCCCC)NCNc1ccc(CC(N)C(=O)O)cc1. The van der Waals surface area contributed by atoms with Crippen molar-refractivity contribution in [3.63, 3.8) is 0 Å². The summed E-state index contributed by atoms with van der Waals surface area (Å²) < 4.78 is 0. The van der Waals surface area contributed by atoms with Crippen molar-refractivity contribution in [2.24, 2.45) is 11.5 Å². The number of rotatable bonds is 48. The number of carboxylic acids is 1. The van der Waals surface area contributed by atoms with E-state index in [4.69, 9.17) is 16.6 Å². The van der Waals surface area contributed by atoms with E-state index in [1.54, 1.807) is 0 Å². The minimum Gasteiger partial charge on any atom is -0.480 e. The number of hydrogen-bond donors (Lipinski definition) is 11. The van der Waals surface area contributed by atoms with Crippen LogP contribution in [-0.4, -0.2) is 95.9 Å². The molecule has 0 spiro atoms. The molecular weight excluding hydrogens is 905 g/mol. The van der Waals surface area contributed by atoms with Crippen LogP contribution in [0.3, 0.4) is 0 Å². The van der Waals surface area contributed by atoms with Crippen LogP contribution < -0.4 is 43.4 Å². The van der Waals surface area contributed by atoms with Crippen molar-refractivity contribution in [2.45, 2.75) is 250 Å². The van der Waals surface area contributed by atoms with Gasteiger partial charge >= 0.3 is 5.97 Å². The number of carbonyl (C=O) groups excluding carboxylic acids is 2. The minimum atomic E-state index is -1.00. The third kappa shape index (κ3) is 33.8. The number of anilines is 2. The second-order valence-electron chi connectivity index (χ2n) is 20.6. The zero-order valence-corrected chi connectivity index (χ0v) is 45.3. The molecule has 0 aliphatic carbocycles. The highest BCUT2D eigenvalue weighted by Gasteiger charge is 2.20. The van der Waals surface area contributed by atoms with Gasteiger partial charge in [-0.05, 0) is 93.7 Å². The van der Waals surface area contributed by atoms with Crippen LogP contribution in [0.5, 0.6) is 0 Å². The van der Waals surface area contributed by atoms with Crippen LogP contribution in [0.1, 0.15) is 212 Å². The third-order valence-electron chi connectivity index (χ3n) is 13.8. The number of amides is 2. The van der Waals surface area contributed by atoms with Gasteiger partial charge in [0.1, 0.15) is 6.04 Å². The van der Waals surface area contributed by atoms with E-state index in [9.17, 15) is 24.6 Å². The van der Waals surface area contributed by atoms with Gasteiger partial charge in [-0.2, -0.15) is 0 Å². The fraction of sp³-hybridized carbons (Fsp3) is 0.741. The number of nitrogens with two attached hydrogens (primary N) is 2. The number of carboxylic acid groups (broad SMARTS) is 1. The van der Waals surface area contributed by atoms with Crippen molar-refractivity contribution < 1.29 is 29.7 Å². The molecule has 2 aromatic rings. The minimum absolute atomic E-state index is 0.0262. The maximum Gasteiger partial charge on any atom is 0.320 e. The predicted molar refractivity (Wildman–Crippen MR) is 299 cm³/mol. The number of benzene rings is 2. The van der Waals surface area contributed by atoms with Crippen molar-refractivity contribution in [2.75, 3.05) is 37.1 Å². The third-order valence-corrected chi connectivity index (χ3v) is 13.8. The molecule has 2 aromatic carbocycles. The number of nitrogens with one attached hydrogen (secondary N) is 6. The molecule has 0 bridgehead atoms. The van der Waals surface area contributed by atoms with E-state index in [2.05, 4.69) is 70.0 Å². The summed E-state index contributed by atoms with van der Waals surface area (Å²) in [5.74, 6) is -0.898. The van der Waals surface area contributed by atoms with Crippen LogP contribution >= 0.6 is 0 Å². The van der Waals surface area contributed by atoms with Gasteiger partial charge in [0.05, 0.1) is 25.5 Å². The molecule has 0 heterocycles. The van der Waals surface area contributed by atoms with Crippen LogP contribution in [0.4, 0.5) is 11.4 Å². The molecule has 0 fully saturated rings. The van der Waals surface area contributed by atoms with Gasteiger partial charge in [0.2, 0.25) is 11.8 Å². The number of carbonyl (C=O) groups is 3. The molecular formula is C58H104N8O6. The van der Waals surface area contributed by atoms with Gasteiger partial charge < -0.3 is 48.1 Å². The van der Waals surface area contributed by atoms with Gasteiger partial charge in [0.25, 0.3) is 0 Å². The lowest BCUT2D eigenvalue weighted by Gasteiger charge is -2.25. The molecule has 14 heteroatoms. The summed E-state index contributed by atoms with van der Waals surface area (Å²) in [4.78, 5) is 35.7. The van der Waals surface area contributed by atoms with E-state index in [0.717, 1.165) is 152 Å². The van der Waals surface area contributed by atoms with Gasteiger partial charge in [0, 0.05) is 55.4 Å². The van der Waals surface area contributed by atoms with E-state index in [1.165, 1.54) is 44.1 Å². The summed E-state index contributed by atoms with van der Waals surface area (Å²) in [5.41, 5.74) is 15.7. The topological polar surface area (TPSA) is 236 Å². The molecule has 0 saturated carbocycles. The molecule has 14 nitrogen and oxygen atoms in total. The Bertz CT molecular complexity index is 1630. The molecule has 6 atom stereocenters. The Morgan fingerprint density at radius 2 is 0.833 bits per heavy atom. The van der Waals surface area contributed by atoms with Crippen LogP contribution in [0.2, 0.25) is 0 Å². The first-order valence-electron chi connectivity index (χ1n) is 28.7. The summed E-state index contributed by atoms with van der Waals surface area (Å²) in [7, 11) is 0. The smallest absolute Gasteiger partial charge is 0.320 e. The molecule has 2 rings (SSSR count). The van der Waals surface area contributed by atoms with Gasteiger partial charge in [0.15, 0.2) is 0 Å². The van der Waals surface area contributed by atoms with Crippen LogP contribution in [0, 0.1) is 0 Å². The average Bonchev–Trinajstić information content (AvgIpc) is 3.36. The lowest BCUT2D eigenvalue weighted by molar-refractivity contribution is -0.138. The second kappa shape index (κ2) is 42.6. The Labute approximate surface area is 436 Å². The lowest BCUT2D eigenvalue weighted by atomic mass is 9.98. The van der Waals surface area contributed by atoms with Crippen LogP contribution in [-0.2, 0) is 27.2 Å². The van der Waals surface area contributed by atoms with Crippen molar-refractivity contribution >= 4 is 29.2 Å². The maximum absolute atomic E-state index is 12.3. The maximum atomic E-state index is 12.3. The van der Waals surface area contributed by atoms with Crippen molar-refractivity contribution in [1.29, 1.82) is 0 Å². The van der Waals surface area contributed by atoms with Gasteiger partial charge in [-0.3, -0.25) is 25.0 Å². The predicted octanol–water partition coefficient (Wildman–Crippen LogP) is 9.80. The molecule has 0 saturated heterocycles. The number of aliphatic hydroxyl groups excluding tert-OH is 2. The van der Waals surface area contributed by atoms with Crippen molar-refractivity contribution in [3.8, 4) is 0 Å². The van der Waals surface area contributed by atoms with Gasteiger partial charge in [-0.15, -0.1) is 0 Å². The van der Waals surface area contributed by atoms with Crippen molar-refractivity contribution in [1.82, 2.24) is 21.3 Å². The van der Waals surface area contributed by atoms with E-state index < -0.39 is 18.1 Å². The summed E-state index contributed by atoms with van der Waals surface area (Å²) in [6.07, 6.45) is 29.3. The van der Waals surface area contributed by atoms with Gasteiger partial charge in [-0.25, -0.2) is 0 Å². The van der Waals surface area contributed by atoms with E-state index in [0.29, 0.717) is 39.3 Å². The highest BCUT2D eigenvalue weighted by Crippen LogP contribution is 2.19. The first-order valence-corrected chi connectivity index (χ1v) is 28.7. The molecule has 13 N–H and O–H groups in total. The zero-order chi connectivity index (χ0) is 52.4. The Morgan fingerprint density at radius 1 is 0.486 bits per heavy atom. The summed E-state index contributed by atoms with van der Waals surface area (Å²) >= 11 is 0. The summed E-state index contributed by atoms with van der Waals surface area (Å²) in [5, 5.41) is 51.0. The highest BCUT2D eigenvalue weighted by molar-refractivity contribution is 5.77. The van der Waals surface area contributed by atoms with E-state index in [-0.39, 0.29) is 42.5 Å².